The first kappa shape index (κ1) is 18.0. The van der Waals surface area contributed by atoms with E-state index in [0.717, 1.165) is 47.2 Å². The van der Waals surface area contributed by atoms with Crippen LogP contribution in [0.2, 0.25) is 0 Å². The van der Waals surface area contributed by atoms with E-state index >= 15 is 0 Å². The number of unbranched alkanes of at least 4 members (excludes halogenated alkanes) is 1. The average Bonchev–Trinajstić information content (AvgIpc) is 2.48. The largest absolute Gasteiger partial charge is 0.385 e. The van der Waals surface area contributed by atoms with Gasteiger partial charge in [-0.05, 0) is 48.6 Å². The molecule has 0 radical (unpaired) electrons. The van der Waals surface area contributed by atoms with Crippen molar-refractivity contribution in [2.75, 3.05) is 6.54 Å². The molecule has 0 aliphatic carbocycles. The number of allylic oxidation sites excluding steroid dienone is 3. The molecule has 2 heteroatoms. The maximum atomic E-state index is 11.1. The van der Waals surface area contributed by atoms with Gasteiger partial charge in [0.15, 0.2) is 0 Å². The fraction of sp³-hybridized carbons (Fsp3) is 0.350. The second-order valence-electron chi connectivity index (χ2n) is 5.76. The Labute approximate surface area is 134 Å². The molecule has 1 aromatic carbocycles. The van der Waals surface area contributed by atoms with Crippen molar-refractivity contribution in [3.05, 3.63) is 65.3 Å². The van der Waals surface area contributed by atoms with Crippen LogP contribution in [0, 0.1) is 6.92 Å². The first-order valence-electron chi connectivity index (χ1n) is 7.81. The van der Waals surface area contributed by atoms with Gasteiger partial charge in [-0.3, -0.25) is 4.79 Å². The van der Waals surface area contributed by atoms with Crippen LogP contribution in [0.15, 0.2) is 48.6 Å². The number of carbonyl (C=O) groups excluding carboxylic acids is 1. The van der Waals surface area contributed by atoms with Crippen LogP contribution in [0.5, 0.6) is 0 Å². The highest BCUT2D eigenvalue weighted by atomic mass is 16.1. The minimum atomic E-state index is 0.637. The van der Waals surface area contributed by atoms with Gasteiger partial charge in [0.2, 0.25) is 0 Å². The summed E-state index contributed by atoms with van der Waals surface area (Å²) in [5.74, 6) is 0. The summed E-state index contributed by atoms with van der Waals surface area (Å²) < 4.78 is 0. The number of aryl methyl sites for hydroxylation is 1. The van der Waals surface area contributed by atoms with Crippen LogP contribution in [-0.4, -0.2) is 12.8 Å². The van der Waals surface area contributed by atoms with Crippen LogP contribution >= 0.6 is 0 Å². The molecule has 1 aromatic rings. The number of benzene rings is 1. The maximum Gasteiger partial charge on any atom is 0.146 e. The zero-order chi connectivity index (χ0) is 16.5. The van der Waals surface area contributed by atoms with E-state index in [-0.39, 0.29) is 0 Å². The number of hydrogen-bond donors (Lipinski definition) is 1. The lowest BCUT2D eigenvalue weighted by atomic mass is 9.97. The second-order valence-corrected chi connectivity index (χ2v) is 5.76. The molecule has 22 heavy (non-hydrogen) atoms. The molecule has 0 amide bonds. The Balaban J connectivity index is 2.83. The molecule has 0 unspecified atom stereocenters. The van der Waals surface area contributed by atoms with E-state index in [2.05, 4.69) is 50.5 Å². The maximum absolute atomic E-state index is 11.1. The lowest BCUT2D eigenvalue weighted by molar-refractivity contribution is -0.105. The zero-order valence-electron chi connectivity index (χ0n) is 14.0. The first-order valence-corrected chi connectivity index (χ1v) is 7.81. The highest BCUT2D eigenvalue weighted by Gasteiger charge is 2.05. The highest BCUT2D eigenvalue weighted by molar-refractivity contribution is 5.75. The van der Waals surface area contributed by atoms with E-state index in [1.807, 2.05) is 13.0 Å². The van der Waals surface area contributed by atoms with Crippen LogP contribution in [-0.2, 0) is 11.2 Å². The molecular weight excluding hydrogens is 270 g/mol. The topological polar surface area (TPSA) is 29.1 Å². The number of aldehydes is 1. The summed E-state index contributed by atoms with van der Waals surface area (Å²) in [5.41, 5.74) is 6.04. The van der Waals surface area contributed by atoms with Gasteiger partial charge < -0.3 is 5.32 Å². The van der Waals surface area contributed by atoms with Crippen LogP contribution in [0.25, 0.3) is 5.70 Å². The lowest BCUT2D eigenvalue weighted by Crippen LogP contribution is -2.12. The van der Waals surface area contributed by atoms with Gasteiger partial charge in [0.1, 0.15) is 6.29 Å². The smallest absolute Gasteiger partial charge is 0.146 e. The number of carbonyl (C=O) groups is 1. The van der Waals surface area contributed by atoms with Crippen molar-refractivity contribution in [1.82, 2.24) is 5.32 Å². The van der Waals surface area contributed by atoms with E-state index in [9.17, 15) is 4.79 Å². The summed E-state index contributed by atoms with van der Waals surface area (Å²) in [5, 5.41) is 3.35. The molecular formula is C20H27NO. The molecule has 2 nitrogen and oxygen atoms in total. The summed E-state index contributed by atoms with van der Waals surface area (Å²) >= 11 is 0. The quantitative estimate of drug-likeness (QED) is 0.312. The van der Waals surface area contributed by atoms with Crippen LogP contribution in [0.1, 0.15) is 43.4 Å². The molecule has 0 heterocycles. The van der Waals surface area contributed by atoms with Crippen molar-refractivity contribution in [2.24, 2.45) is 0 Å². The van der Waals surface area contributed by atoms with E-state index in [4.69, 9.17) is 0 Å². The monoisotopic (exact) mass is 297 g/mol. The lowest BCUT2D eigenvalue weighted by Gasteiger charge is -2.12. The van der Waals surface area contributed by atoms with Gasteiger partial charge in [-0.25, -0.2) is 0 Å². The van der Waals surface area contributed by atoms with Crippen molar-refractivity contribution in [2.45, 2.75) is 40.0 Å². The third-order valence-corrected chi connectivity index (χ3v) is 3.54. The van der Waals surface area contributed by atoms with Gasteiger partial charge in [0, 0.05) is 18.7 Å². The molecule has 0 aromatic heterocycles. The molecule has 1 rings (SSSR count). The normalized spacial score (nSPS) is 11.1. The van der Waals surface area contributed by atoms with Gasteiger partial charge in [0.25, 0.3) is 0 Å². The molecule has 0 saturated carbocycles. The van der Waals surface area contributed by atoms with Gasteiger partial charge in [-0.1, -0.05) is 50.3 Å². The Bertz CT molecular complexity index is 581. The summed E-state index contributed by atoms with van der Waals surface area (Å²) in [7, 11) is 0. The molecule has 0 saturated heterocycles. The summed E-state index contributed by atoms with van der Waals surface area (Å²) in [6.07, 6.45) is 5.70. The molecule has 118 valence electrons. The van der Waals surface area contributed by atoms with Gasteiger partial charge in [0.05, 0.1) is 0 Å². The third kappa shape index (κ3) is 5.72. The summed E-state index contributed by atoms with van der Waals surface area (Å²) in [6.45, 7) is 15.0. The van der Waals surface area contributed by atoms with E-state index in [1.54, 1.807) is 0 Å². The minimum Gasteiger partial charge on any atom is -0.385 e. The molecule has 0 fully saturated rings. The van der Waals surface area contributed by atoms with Crippen LogP contribution in [0.4, 0.5) is 0 Å². The Morgan fingerprint density at radius 2 is 2.05 bits per heavy atom. The fourth-order valence-corrected chi connectivity index (χ4v) is 2.26. The molecule has 0 bridgehead atoms. The van der Waals surface area contributed by atoms with Gasteiger partial charge in [-0.2, -0.15) is 0 Å². The Hall–Kier alpha value is -2.09. The van der Waals surface area contributed by atoms with Crippen LogP contribution < -0.4 is 5.32 Å². The predicted molar refractivity (Wildman–Crippen MR) is 95.8 cm³/mol. The molecule has 0 aliphatic rings. The van der Waals surface area contributed by atoms with Gasteiger partial charge >= 0.3 is 0 Å². The van der Waals surface area contributed by atoms with E-state index in [0.29, 0.717) is 6.42 Å². The van der Waals surface area contributed by atoms with Crippen molar-refractivity contribution in [3.8, 4) is 0 Å². The van der Waals surface area contributed by atoms with Gasteiger partial charge in [-0.15, -0.1) is 0 Å². The predicted octanol–water partition coefficient (Wildman–Crippen LogP) is 4.60. The minimum absolute atomic E-state index is 0.637. The van der Waals surface area contributed by atoms with Crippen molar-refractivity contribution >= 4 is 12.0 Å². The molecule has 0 atom stereocenters. The highest BCUT2D eigenvalue weighted by Crippen LogP contribution is 2.18. The van der Waals surface area contributed by atoms with Crippen molar-refractivity contribution in [3.63, 3.8) is 0 Å². The Morgan fingerprint density at radius 3 is 2.59 bits per heavy atom. The molecule has 0 spiro atoms. The third-order valence-electron chi connectivity index (χ3n) is 3.54. The number of hydrogen-bond acceptors (Lipinski definition) is 2. The van der Waals surface area contributed by atoms with Crippen molar-refractivity contribution < 1.29 is 4.79 Å². The number of rotatable bonds is 9. The standard InChI is InChI=1S/C20H27NO/c1-6-7-10-21-17(5)20-9-8-19(16(4)12-20)13-18(14-22)11-15(2)3/h8-9,11-12,14,21H,2,5-7,10,13H2,1,3-4H3/b18-11-. The Morgan fingerprint density at radius 1 is 1.32 bits per heavy atom. The van der Waals surface area contributed by atoms with E-state index < -0.39 is 0 Å². The molecule has 0 aliphatic heterocycles. The first-order chi connectivity index (χ1) is 10.5. The molecule has 1 N–H and O–H groups in total. The average molecular weight is 297 g/mol. The SMILES string of the molecule is C=C(C)/C=C(\C=O)Cc1ccc(C(=C)NCCCC)cc1C. The zero-order valence-corrected chi connectivity index (χ0v) is 14.0. The van der Waals surface area contributed by atoms with Crippen molar-refractivity contribution in [1.29, 1.82) is 0 Å². The fourth-order valence-electron chi connectivity index (χ4n) is 2.26. The summed E-state index contributed by atoms with van der Waals surface area (Å²) in [6, 6.07) is 6.26. The van der Waals surface area contributed by atoms with Crippen LogP contribution in [0.3, 0.4) is 0 Å². The second kappa shape index (κ2) is 9.04. The Kier molecular flexibility index (Phi) is 7.38. The van der Waals surface area contributed by atoms with E-state index in [1.165, 1.54) is 12.0 Å². The summed E-state index contributed by atoms with van der Waals surface area (Å²) in [4.78, 5) is 11.1. The number of nitrogens with one attached hydrogen (secondary N) is 1.